The first-order valence-electron chi connectivity index (χ1n) is 3.90. The van der Waals surface area contributed by atoms with Crippen LogP contribution >= 0.6 is 15.9 Å². The van der Waals surface area contributed by atoms with Crippen molar-refractivity contribution in [2.24, 2.45) is 0 Å². The molecule has 0 fully saturated rings. The molecule has 1 aromatic carbocycles. The summed E-state index contributed by atoms with van der Waals surface area (Å²) < 4.78 is 55.1. The molecule has 1 rings (SSSR count). The summed E-state index contributed by atoms with van der Waals surface area (Å²) in [5.41, 5.74) is -1.41. The van der Waals surface area contributed by atoms with Gasteiger partial charge in [-0.25, -0.2) is 4.39 Å². The van der Waals surface area contributed by atoms with E-state index in [1.165, 1.54) is 13.2 Å². The Morgan fingerprint density at radius 3 is 2.40 bits per heavy atom. The molecule has 0 spiro atoms. The highest BCUT2D eigenvalue weighted by atomic mass is 79.9. The Morgan fingerprint density at radius 2 is 1.93 bits per heavy atom. The van der Waals surface area contributed by atoms with Gasteiger partial charge in [-0.3, -0.25) is 0 Å². The topological polar surface area (TPSA) is 9.23 Å². The number of methoxy groups -OCH3 is 1. The lowest BCUT2D eigenvalue weighted by molar-refractivity contribution is -0.140. The Bertz CT molecular complexity index is 362. The Kier molecular flexibility index (Phi) is 3.72. The summed E-state index contributed by atoms with van der Waals surface area (Å²) in [6.45, 7) is -0.200. The Morgan fingerprint density at radius 1 is 1.33 bits per heavy atom. The van der Waals surface area contributed by atoms with E-state index < -0.39 is 17.6 Å². The van der Waals surface area contributed by atoms with Gasteiger partial charge in [-0.2, -0.15) is 13.2 Å². The summed E-state index contributed by atoms with van der Waals surface area (Å²) in [5, 5.41) is 0. The number of alkyl halides is 3. The molecule has 1 aromatic rings. The average molecular weight is 287 g/mol. The van der Waals surface area contributed by atoms with Gasteiger partial charge >= 0.3 is 6.18 Å². The fourth-order valence-corrected chi connectivity index (χ4v) is 1.62. The SMILES string of the molecule is COCc1cc(Br)cc(C(F)(F)F)c1F. The molecule has 0 aliphatic rings. The van der Waals surface area contributed by atoms with Crippen molar-refractivity contribution in [3.63, 3.8) is 0 Å². The summed E-state index contributed by atoms with van der Waals surface area (Å²) in [5.74, 6) is -1.28. The second kappa shape index (κ2) is 4.49. The third-order valence-electron chi connectivity index (χ3n) is 1.72. The van der Waals surface area contributed by atoms with Gasteiger partial charge in [-0.05, 0) is 12.1 Å². The quantitative estimate of drug-likeness (QED) is 0.753. The molecule has 0 bridgehead atoms. The Balaban J connectivity index is 3.28. The zero-order valence-corrected chi connectivity index (χ0v) is 9.25. The number of halogens is 5. The van der Waals surface area contributed by atoms with Crippen LogP contribution in [-0.2, 0) is 17.5 Å². The normalized spacial score (nSPS) is 11.9. The van der Waals surface area contributed by atoms with Gasteiger partial charge < -0.3 is 4.74 Å². The van der Waals surface area contributed by atoms with E-state index >= 15 is 0 Å². The van der Waals surface area contributed by atoms with Gasteiger partial charge in [0.25, 0.3) is 0 Å². The minimum absolute atomic E-state index is 0.126. The molecule has 0 aromatic heterocycles. The Hall–Kier alpha value is -0.620. The van der Waals surface area contributed by atoms with Crippen molar-refractivity contribution in [1.29, 1.82) is 0 Å². The van der Waals surface area contributed by atoms with Crippen molar-refractivity contribution in [2.45, 2.75) is 12.8 Å². The maximum atomic E-state index is 13.3. The number of hydrogen-bond acceptors (Lipinski definition) is 1. The summed E-state index contributed by atoms with van der Waals surface area (Å²) in [4.78, 5) is 0. The molecule has 0 saturated heterocycles. The van der Waals surface area contributed by atoms with Crippen LogP contribution in [0.1, 0.15) is 11.1 Å². The van der Waals surface area contributed by atoms with Gasteiger partial charge in [0.15, 0.2) is 0 Å². The van der Waals surface area contributed by atoms with Crippen LogP contribution in [0.25, 0.3) is 0 Å². The molecule has 0 saturated carbocycles. The molecule has 1 nitrogen and oxygen atoms in total. The van der Waals surface area contributed by atoms with Crippen molar-refractivity contribution < 1.29 is 22.3 Å². The third-order valence-corrected chi connectivity index (χ3v) is 2.18. The maximum Gasteiger partial charge on any atom is 0.419 e. The largest absolute Gasteiger partial charge is 0.419 e. The van der Waals surface area contributed by atoms with Crippen molar-refractivity contribution in [1.82, 2.24) is 0 Å². The summed E-state index contributed by atoms with van der Waals surface area (Å²) in [7, 11) is 1.29. The van der Waals surface area contributed by atoms with Crippen LogP contribution in [0.5, 0.6) is 0 Å². The van der Waals surface area contributed by atoms with Crippen LogP contribution in [0.3, 0.4) is 0 Å². The molecule has 0 aliphatic carbocycles. The van der Waals surface area contributed by atoms with E-state index in [-0.39, 0.29) is 16.6 Å². The van der Waals surface area contributed by atoms with Crippen LogP contribution in [0.15, 0.2) is 16.6 Å². The standard InChI is InChI=1S/C9H7BrF4O/c1-15-4-5-2-6(10)3-7(8(5)11)9(12,13)14/h2-3H,4H2,1H3. The molecule has 0 aliphatic heterocycles. The van der Waals surface area contributed by atoms with Crippen molar-refractivity contribution in [3.8, 4) is 0 Å². The van der Waals surface area contributed by atoms with E-state index in [2.05, 4.69) is 20.7 Å². The van der Waals surface area contributed by atoms with Crippen molar-refractivity contribution in [3.05, 3.63) is 33.5 Å². The van der Waals surface area contributed by atoms with Crippen LogP contribution in [-0.4, -0.2) is 7.11 Å². The van der Waals surface area contributed by atoms with E-state index in [4.69, 9.17) is 0 Å². The molecule has 0 radical (unpaired) electrons. The molecule has 84 valence electrons. The summed E-state index contributed by atoms with van der Waals surface area (Å²) in [6, 6.07) is 1.96. The van der Waals surface area contributed by atoms with E-state index in [1.54, 1.807) is 0 Å². The van der Waals surface area contributed by atoms with Gasteiger partial charge in [-0.1, -0.05) is 15.9 Å². The van der Waals surface area contributed by atoms with Crippen LogP contribution in [0.2, 0.25) is 0 Å². The van der Waals surface area contributed by atoms with Crippen molar-refractivity contribution >= 4 is 15.9 Å². The third kappa shape index (κ3) is 2.92. The highest BCUT2D eigenvalue weighted by molar-refractivity contribution is 9.10. The number of ether oxygens (including phenoxy) is 1. The van der Waals surface area contributed by atoms with E-state index in [1.807, 2.05) is 0 Å². The number of benzene rings is 1. The van der Waals surface area contributed by atoms with Crippen LogP contribution in [0, 0.1) is 5.82 Å². The first kappa shape index (κ1) is 12.4. The average Bonchev–Trinajstić information content (AvgIpc) is 2.09. The van der Waals surface area contributed by atoms with Gasteiger partial charge in [0.05, 0.1) is 12.2 Å². The smallest absolute Gasteiger partial charge is 0.380 e. The van der Waals surface area contributed by atoms with Crippen LogP contribution in [0.4, 0.5) is 17.6 Å². The zero-order chi connectivity index (χ0) is 11.6. The highest BCUT2D eigenvalue weighted by Crippen LogP contribution is 2.34. The Labute approximate surface area is 92.2 Å². The van der Waals surface area contributed by atoms with E-state index in [0.29, 0.717) is 6.07 Å². The zero-order valence-electron chi connectivity index (χ0n) is 7.66. The monoisotopic (exact) mass is 286 g/mol. The second-order valence-corrected chi connectivity index (χ2v) is 3.77. The molecule has 0 N–H and O–H groups in total. The molecular formula is C9H7BrF4O. The number of rotatable bonds is 2. The fraction of sp³-hybridized carbons (Fsp3) is 0.333. The summed E-state index contributed by atoms with van der Waals surface area (Å²) in [6.07, 6.45) is -4.70. The molecule has 0 unspecified atom stereocenters. The highest BCUT2D eigenvalue weighted by Gasteiger charge is 2.35. The minimum atomic E-state index is -4.70. The second-order valence-electron chi connectivity index (χ2n) is 2.86. The predicted octanol–water partition coefficient (Wildman–Crippen LogP) is 3.75. The van der Waals surface area contributed by atoms with E-state index in [9.17, 15) is 17.6 Å². The molecule has 6 heteroatoms. The number of hydrogen-bond donors (Lipinski definition) is 0. The minimum Gasteiger partial charge on any atom is -0.380 e. The van der Waals surface area contributed by atoms with Crippen LogP contribution < -0.4 is 0 Å². The molecular weight excluding hydrogens is 280 g/mol. The lowest BCUT2D eigenvalue weighted by atomic mass is 10.1. The first-order valence-corrected chi connectivity index (χ1v) is 4.69. The molecule has 0 amide bonds. The van der Waals surface area contributed by atoms with Gasteiger partial charge in [0, 0.05) is 17.1 Å². The van der Waals surface area contributed by atoms with Gasteiger partial charge in [0.2, 0.25) is 0 Å². The van der Waals surface area contributed by atoms with Gasteiger partial charge in [0.1, 0.15) is 5.82 Å². The predicted molar refractivity (Wildman–Crippen MR) is 49.8 cm³/mol. The lowest BCUT2D eigenvalue weighted by Crippen LogP contribution is -2.10. The molecule has 0 heterocycles. The molecule has 0 atom stereocenters. The first-order chi connectivity index (χ1) is 6.86. The lowest BCUT2D eigenvalue weighted by Gasteiger charge is -2.11. The van der Waals surface area contributed by atoms with E-state index in [0.717, 1.165) is 0 Å². The van der Waals surface area contributed by atoms with Crippen molar-refractivity contribution in [2.75, 3.05) is 7.11 Å². The maximum absolute atomic E-state index is 13.3. The van der Waals surface area contributed by atoms with Gasteiger partial charge in [-0.15, -0.1) is 0 Å². The summed E-state index contributed by atoms with van der Waals surface area (Å²) >= 11 is 2.89. The molecule has 15 heavy (non-hydrogen) atoms. The fourth-order valence-electron chi connectivity index (χ4n) is 1.11.